The van der Waals surface area contributed by atoms with E-state index in [0.29, 0.717) is 17.0 Å². The number of hydrogen-bond acceptors (Lipinski definition) is 7. The van der Waals surface area contributed by atoms with Gasteiger partial charge >= 0.3 is 11.7 Å². The zero-order valence-electron chi connectivity index (χ0n) is 13.6. The van der Waals surface area contributed by atoms with Crippen LogP contribution >= 0.6 is 0 Å². The summed E-state index contributed by atoms with van der Waals surface area (Å²) < 4.78 is 5.12. The van der Waals surface area contributed by atoms with Crippen LogP contribution in [0.15, 0.2) is 48.7 Å². The molecule has 26 heavy (non-hydrogen) atoms. The van der Waals surface area contributed by atoms with Gasteiger partial charge in [0.25, 0.3) is 11.6 Å². The average molecular weight is 360 g/mol. The predicted molar refractivity (Wildman–Crippen MR) is 90.3 cm³/mol. The molecule has 0 bridgehead atoms. The number of pyridine rings is 1. The van der Waals surface area contributed by atoms with E-state index in [9.17, 15) is 24.9 Å². The van der Waals surface area contributed by atoms with Crippen molar-refractivity contribution in [1.29, 1.82) is 0 Å². The number of nitrogens with one attached hydrogen (secondary N) is 2. The van der Waals surface area contributed by atoms with Gasteiger partial charge < -0.3 is 20.6 Å². The van der Waals surface area contributed by atoms with E-state index >= 15 is 0 Å². The molecule has 1 aromatic heterocycles. The lowest BCUT2D eigenvalue weighted by Crippen LogP contribution is -2.37. The Kier molecular flexibility index (Phi) is 6.43. The Balaban J connectivity index is 1.66. The van der Waals surface area contributed by atoms with Gasteiger partial charge in [-0.2, -0.15) is 4.73 Å². The van der Waals surface area contributed by atoms with Crippen molar-refractivity contribution in [3.05, 3.63) is 69.7 Å². The zero-order chi connectivity index (χ0) is 18.9. The number of ether oxygens (including phenoxy) is 1. The second kappa shape index (κ2) is 8.97. The first-order chi connectivity index (χ1) is 12.5. The van der Waals surface area contributed by atoms with Gasteiger partial charge in [0.2, 0.25) is 0 Å². The summed E-state index contributed by atoms with van der Waals surface area (Å²) in [5.41, 5.74) is 0.448. The molecule has 0 aliphatic rings. The summed E-state index contributed by atoms with van der Waals surface area (Å²) in [5.74, 6) is -1.41. The van der Waals surface area contributed by atoms with Crippen LogP contribution < -0.4 is 15.4 Å². The predicted octanol–water partition coefficient (Wildman–Crippen LogP) is 0.613. The highest BCUT2D eigenvalue weighted by Crippen LogP contribution is 2.14. The summed E-state index contributed by atoms with van der Waals surface area (Å²) >= 11 is 0. The number of benzene rings is 1. The molecule has 1 aromatic carbocycles. The SMILES string of the molecule is O=C(COC(=O)c1cccc[n+]1[O-])NCCNc1ccc([N+](=O)[O-])cc1. The van der Waals surface area contributed by atoms with Crippen molar-refractivity contribution < 1.29 is 24.0 Å². The van der Waals surface area contributed by atoms with Crippen LogP contribution in [0.1, 0.15) is 10.5 Å². The summed E-state index contributed by atoms with van der Waals surface area (Å²) in [4.78, 5) is 33.4. The Morgan fingerprint density at radius 3 is 2.50 bits per heavy atom. The molecule has 0 spiro atoms. The molecule has 1 amide bonds. The lowest BCUT2D eigenvalue weighted by atomic mass is 10.3. The summed E-state index contributed by atoms with van der Waals surface area (Å²) in [6.45, 7) is 0.113. The molecule has 10 nitrogen and oxygen atoms in total. The molecule has 0 fully saturated rings. The van der Waals surface area contributed by atoms with Crippen LogP contribution in [-0.2, 0) is 9.53 Å². The molecule has 1 heterocycles. The Morgan fingerprint density at radius 1 is 1.12 bits per heavy atom. The van der Waals surface area contributed by atoms with Crippen LogP contribution in [0.25, 0.3) is 0 Å². The summed E-state index contributed by atoms with van der Waals surface area (Å²) in [5, 5.41) is 27.4. The maximum absolute atomic E-state index is 11.7. The van der Waals surface area contributed by atoms with E-state index in [4.69, 9.17) is 4.74 Å². The third-order valence-corrected chi connectivity index (χ3v) is 3.22. The van der Waals surface area contributed by atoms with Gasteiger partial charge in [0.05, 0.1) is 4.92 Å². The number of carbonyl (C=O) groups excluding carboxylic acids is 2. The molecule has 136 valence electrons. The topological polar surface area (TPSA) is 138 Å². The lowest BCUT2D eigenvalue weighted by molar-refractivity contribution is -0.608. The number of nitro groups is 1. The van der Waals surface area contributed by atoms with E-state index in [1.807, 2.05) is 0 Å². The van der Waals surface area contributed by atoms with E-state index in [0.717, 1.165) is 6.20 Å². The lowest BCUT2D eigenvalue weighted by Gasteiger charge is -2.08. The first-order valence-electron chi connectivity index (χ1n) is 7.57. The molecule has 2 aromatic rings. The van der Waals surface area contributed by atoms with Crippen molar-refractivity contribution in [2.45, 2.75) is 0 Å². The number of amides is 1. The minimum atomic E-state index is -0.889. The Labute approximate surface area is 148 Å². The second-order valence-corrected chi connectivity index (χ2v) is 5.07. The van der Waals surface area contributed by atoms with Gasteiger partial charge in [-0.15, -0.1) is 0 Å². The second-order valence-electron chi connectivity index (χ2n) is 5.07. The van der Waals surface area contributed by atoms with Crippen LogP contribution in [0, 0.1) is 15.3 Å². The fourth-order valence-corrected chi connectivity index (χ4v) is 1.95. The molecule has 0 unspecified atom stereocenters. The first-order valence-corrected chi connectivity index (χ1v) is 7.57. The Hall–Kier alpha value is -3.69. The van der Waals surface area contributed by atoms with Gasteiger partial charge in [0.1, 0.15) is 0 Å². The number of nitrogens with zero attached hydrogens (tertiary/aromatic N) is 2. The van der Waals surface area contributed by atoms with Crippen LogP contribution in [0.4, 0.5) is 11.4 Å². The molecule has 2 rings (SSSR count). The van der Waals surface area contributed by atoms with Gasteiger partial charge in [-0.05, 0) is 18.2 Å². The fourth-order valence-electron chi connectivity index (χ4n) is 1.95. The number of carbonyl (C=O) groups is 2. The molecule has 0 saturated carbocycles. The molecule has 2 N–H and O–H groups in total. The van der Waals surface area contributed by atoms with Crippen LogP contribution in [0.2, 0.25) is 0 Å². The smallest absolute Gasteiger partial charge is 0.405 e. The number of nitro benzene ring substituents is 1. The first kappa shape index (κ1) is 18.6. The number of anilines is 1. The van der Waals surface area contributed by atoms with Gasteiger partial charge in [-0.1, -0.05) is 0 Å². The standard InChI is InChI=1S/C16H16N4O6/c21-15(11-26-16(22)14-3-1-2-10-19(14)23)18-9-8-17-12-4-6-13(7-5-12)20(24)25/h1-7,10,17H,8-9,11H2,(H,18,21). The summed E-state index contributed by atoms with van der Waals surface area (Å²) in [7, 11) is 0. The quantitative estimate of drug-likeness (QED) is 0.176. The highest BCUT2D eigenvalue weighted by molar-refractivity contribution is 5.88. The molecule has 0 saturated heterocycles. The van der Waals surface area contributed by atoms with Crippen molar-refractivity contribution in [2.75, 3.05) is 25.0 Å². The average Bonchev–Trinajstić information content (AvgIpc) is 2.64. The summed E-state index contributed by atoms with van der Waals surface area (Å²) in [6, 6.07) is 10.1. The van der Waals surface area contributed by atoms with Gasteiger partial charge in [0.15, 0.2) is 12.8 Å². The van der Waals surface area contributed by atoms with Crippen molar-refractivity contribution in [3.8, 4) is 0 Å². The van der Waals surface area contributed by atoms with Crippen LogP contribution in [0.3, 0.4) is 0 Å². The highest BCUT2D eigenvalue weighted by Gasteiger charge is 2.17. The van der Waals surface area contributed by atoms with E-state index in [1.165, 1.54) is 30.3 Å². The monoisotopic (exact) mass is 360 g/mol. The van der Waals surface area contributed by atoms with E-state index < -0.39 is 23.4 Å². The van der Waals surface area contributed by atoms with Gasteiger partial charge in [0, 0.05) is 43.0 Å². The van der Waals surface area contributed by atoms with Gasteiger partial charge in [-0.25, -0.2) is 4.79 Å². The zero-order valence-corrected chi connectivity index (χ0v) is 13.6. The number of hydrogen-bond donors (Lipinski definition) is 2. The minimum Gasteiger partial charge on any atom is -0.618 e. The number of esters is 1. The van der Waals surface area contributed by atoms with E-state index in [-0.39, 0.29) is 17.9 Å². The molecule has 0 aliphatic carbocycles. The van der Waals surface area contributed by atoms with E-state index in [1.54, 1.807) is 12.1 Å². The maximum Gasteiger partial charge on any atom is 0.405 e. The highest BCUT2D eigenvalue weighted by atomic mass is 16.6. The Morgan fingerprint density at radius 2 is 1.85 bits per heavy atom. The molecule has 0 atom stereocenters. The maximum atomic E-state index is 11.7. The normalized spacial score (nSPS) is 10.0. The van der Waals surface area contributed by atoms with Crippen molar-refractivity contribution in [2.24, 2.45) is 0 Å². The minimum absolute atomic E-state index is 0.0107. The number of aromatic nitrogens is 1. The molecule has 10 heteroatoms. The van der Waals surface area contributed by atoms with E-state index in [2.05, 4.69) is 10.6 Å². The summed E-state index contributed by atoms with van der Waals surface area (Å²) in [6.07, 6.45) is 1.15. The van der Waals surface area contributed by atoms with Crippen molar-refractivity contribution in [1.82, 2.24) is 5.32 Å². The molecule has 0 radical (unpaired) electrons. The molecular formula is C16H16N4O6. The largest absolute Gasteiger partial charge is 0.618 e. The Bertz CT molecular complexity index is 794. The number of non-ortho nitro benzene ring substituents is 1. The third kappa shape index (κ3) is 5.44. The third-order valence-electron chi connectivity index (χ3n) is 3.22. The molecule has 0 aliphatic heterocycles. The van der Waals surface area contributed by atoms with Crippen LogP contribution in [0.5, 0.6) is 0 Å². The fraction of sp³-hybridized carbons (Fsp3) is 0.188. The molecular weight excluding hydrogens is 344 g/mol. The van der Waals surface area contributed by atoms with Gasteiger partial charge in [-0.3, -0.25) is 14.9 Å². The number of rotatable bonds is 8. The van der Waals surface area contributed by atoms with Crippen molar-refractivity contribution >= 4 is 23.3 Å². The van der Waals surface area contributed by atoms with Crippen LogP contribution in [-0.4, -0.2) is 36.5 Å². The van der Waals surface area contributed by atoms with Crippen molar-refractivity contribution in [3.63, 3.8) is 0 Å².